The predicted molar refractivity (Wildman–Crippen MR) is 93.1 cm³/mol. The van der Waals surface area contributed by atoms with Crippen LogP contribution >= 0.6 is 0 Å². The number of hydrogen-bond donors (Lipinski definition) is 1. The first kappa shape index (κ1) is 16.1. The van der Waals surface area contributed by atoms with Gasteiger partial charge in [0, 0.05) is 6.42 Å². The van der Waals surface area contributed by atoms with Crippen molar-refractivity contribution in [2.75, 3.05) is 12.1 Å². The van der Waals surface area contributed by atoms with Gasteiger partial charge in [0.05, 0.1) is 6.42 Å². The van der Waals surface area contributed by atoms with Gasteiger partial charge in [0.15, 0.2) is 11.5 Å². The number of fused-ring (bicyclic) bond motifs is 1. The second-order valence-corrected chi connectivity index (χ2v) is 5.90. The number of carbonyl (C=O) groups is 1. The van der Waals surface area contributed by atoms with Gasteiger partial charge in [-0.1, -0.05) is 41.5 Å². The lowest BCUT2D eigenvalue weighted by Crippen LogP contribution is -2.12. The van der Waals surface area contributed by atoms with Gasteiger partial charge in [0.25, 0.3) is 0 Å². The molecule has 7 heteroatoms. The summed E-state index contributed by atoms with van der Waals surface area (Å²) >= 11 is 0. The second kappa shape index (κ2) is 7.26. The molecule has 1 amide bonds. The maximum Gasteiger partial charge on any atom is 0.322 e. The largest absolute Gasteiger partial charge is 0.454 e. The van der Waals surface area contributed by atoms with Gasteiger partial charge in [0.1, 0.15) is 0 Å². The first-order valence-electron chi connectivity index (χ1n) is 8.31. The smallest absolute Gasteiger partial charge is 0.322 e. The van der Waals surface area contributed by atoms with Crippen LogP contribution in [0.5, 0.6) is 11.5 Å². The number of benzene rings is 2. The van der Waals surface area contributed by atoms with E-state index in [1.54, 1.807) is 0 Å². The van der Waals surface area contributed by atoms with E-state index in [0.717, 1.165) is 16.9 Å². The van der Waals surface area contributed by atoms with Crippen LogP contribution in [0.25, 0.3) is 0 Å². The molecule has 1 aliphatic rings. The summed E-state index contributed by atoms with van der Waals surface area (Å²) in [6.07, 6.45) is 1.46. The topological polar surface area (TPSA) is 86.5 Å². The third kappa shape index (κ3) is 3.83. The molecule has 0 fully saturated rings. The lowest BCUT2D eigenvalue weighted by atomic mass is 10.1. The average molecular weight is 351 g/mol. The monoisotopic (exact) mass is 351 g/mol. The molecule has 3 aromatic rings. The van der Waals surface area contributed by atoms with E-state index in [0.29, 0.717) is 30.9 Å². The molecule has 1 aliphatic heterocycles. The summed E-state index contributed by atoms with van der Waals surface area (Å²) in [4.78, 5) is 12.0. The van der Waals surface area contributed by atoms with Gasteiger partial charge in [-0.05, 0) is 29.7 Å². The van der Waals surface area contributed by atoms with E-state index in [1.165, 1.54) is 0 Å². The Labute approximate surface area is 150 Å². The molecule has 0 unspecified atom stereocenters. The minimum absolute atomic E-state index is 0.110. The molecule has 2 aromatic carbocycles. The third-order valence-corrected chi connectivity index (χ3v) is 3.99. The summed E-state index contributed by atoms with van der Waals surface area (Å²) in [5, 5.41) is 10.5. The summed E-state index contributed by atoms with van der Waals surface area (Å²) in [5.74, 6) is 1.69. The van der Waals surface area contributed by atoms with Gasteiger partial charge in [-0.25, -0.2) is 0 Å². The minimum atomic E-state index is -0.160. The Morgan fingerprint density at radius 2 is 1.85 bits per heavy atom. The normalized spacial score (nSPS) is 12.2. The first-order valence-corrected chi connectivity index (χ1v) is 8.31. The lowest BCUT2D eigenvalue weighted by molar-refractivity contribution is -0.116. The summed E-state index contributed by atoms with van der Waals surface area (Å²) < 4.78 is 16.1. The van der Waals surface area contributed by atoms with Crippen molar-refractivity contribution in [3.8, 4) is 11.5 Å². The fraction of sp³-hybridized carbons (Fsp3) is 0.211. The van der Waals surface area contributed by atoms with Gasteiger partial charge in [-0.3, -0.25) is 10.1 Å². The molecule has 2 heterocycles. The molecule has 132 valence electrons. The molecule has 26 heavy (non-hydrogen) atoms. The van der Waals surface area contributed by atoms with E-state index in [-0.39, 0.29) is 18.7 Å². The molecule has 0 saturated heterocycles. The van der Waals surface area contributed by atoms with Crippen LogP contribution in [-0.4, -0.2) is 22.9 Å². The summed E-state index contributed by atoms with van der Waals surface area (Å²) in [6.45, 7) is 0.235. The number of carbonyl (C=O) groups excluding carboxylic acids is 1. The maximum absolute atomic E-state index is 12.0. The number of hydrogen-bond acceptors (Lipinski definition) is 6. The number of aryl methyl sites for hydroxylation is 1. The van der Waals surface area contributed by atoms with Crippen molar-refractivity contribution in [2.45, 2.75) is 19.3 Å². The van der Waals surface area contributed by atoms with E-state index in [4.69, 9.17) is 13.9 Å². The van der Waals surface area contributed by atoms with Gasteiger partial charge in [0.2, 0.25) is 18.6 Å². The fourth-order valence-corrected chi connectivity index (χ4v) is 2.69. The van der Waals surface area contributed by atoms with E-state index < -0.39 is 0 Å². The molecular weight excluding hydrogens is 334 g/mol. The van der Waals surface area contributed by atoms with Gasteiger partial charge >= 0.3 is 6.01 Å². The number of ether oxygens (including phenoxy) is 2. The van der Waals surface area contributed by atoms with Crippen LogP contribution in [0.15, 0.2) is 52.9 Å². The molecule has 1 aromatic heterocycles. The van der Waals surface area contributed by atoms with E-state index in [9.17, 15) is 4.79 Å². The standard InChI is InChI=1S/C19H17N3O4/c23-17(9-7-13-4-2-1-3-5-13)20-19-22-21-18(26-19)11-14-6-8-15-16(10-14)25-12-24-15/h1-6,8,10H,7,9,11-12H2,(H,20,22,23). The summed E-state index contributed by atoms with van der Waals surface area (Å²) in [5.41, 5.74) is 2.07. The number of aromatic nitrogens is 2. The zero-order valence-electron chi connectivity index (χ0n) is 14.0. The Kier molecular flexibility index (Phi) is 4.51. The molecule has 0 saturated carbocycles. The molecular formula is C19H17N3O4. The zero-order chi connectivity index (χ0) is 17.8. The van der Waals surface area contributed by atoms with Crippen molar-refractivity contribution >= 4 is 11.9 Å². The second-order valence-electron chi connectivity index (χ2n) is 5.90. The highest BCUT2D eigenvalue weighted by Gasteiger charge is 2.15. The zero-order valence-corrected chi connectivity index (χ0v) is 14.0. The highest BCUT2D eigenvalue weighted by molar-refractivity contribution is 5.88. The number of nitrogens with one attached hydrogen (secondary N) is 1. The highest BCUT2D eigenvalue weighted by atomic mass is 16.7. The number of nitrogens with zero attached hydrogens (tertiary/aromatic N) is 2. The minimum Gasteiger partial charge on any atom is -0.454 e. The average Bonchev–Trinajstić information content (AvgIpc) is 3.30. The SMILES string of the molecule is O=C(CCc1ccccc1)Nc1nnc(Cc2ccc3c(c2)OCO3)o1. The molecule has 0 spiro atoms. The van der Waals surface area contributed by atoms with Crippen molar-refractivity contribution in [2.24, 2.45) is 0 Å². The van der Waals surface area contributed by atoms with Crippen molar-refractivity contribution in [3.63, 3.8) is 0 Å². The lowest BCUT2D eigenvalue weighted by Gasteiger charge is -2.01. The predicted octanol–water partition coefficient (Wildman–Crippen LogP) is 2.96. The van der Waals surface area contributed by atoms with Gasteiger partial charge in [-0.15, -0.1) is 5.10 Å². The molecule has 0 radical (unpaired) electrons. The Bertz CT molecular complexity index is 908. The van der Waals surface area contributed by atoms with Crippen molar-refractivity contribution in [1.29, 1.82) is 0 Å². The van der Waals surface area contributed by atoms with Crippen molar-refractivity contribution < 1.29 is 18.7 Å². The number of amides is 1. The van der Waals surface area contributed by atoms with Crippen LogP contribution in [-0.2, 0) is 17.6 Å². The fourth-order valence-electron chi connectivity index (χ4n) is 2.69. The van der Waals surface area contributed by atoms with Crippen LogP contribution < -0.4 is 14.8 Å². The Balaban J connectivity index is 1.32. The molecule has 0 aliphatic carbocycles. The van der Waals surface area contributed by atoms with Crippen LogP contribution in [0.1, 0.15) is 23.4 Å². The van der Waals surface area contributed by atoms with Crippen LogP contribution in [0.2, 0.25) is 0 Å². The van der Waals surface area contributed by atoms with Crippen LogP contribution in [0.3, 0.4) is 0 Å². The Hall–Kier alpha value is -3.35. The molecule has 0 bridgehead atoms. The molecule has 4 rings (SSSR count). The van der Waals surface area contributed by atoms with Crippen LogP contribution in [0.4, 0.5) is 6.01 Å². The van der Waals surface area contributed by atoms with E-state index >= 15 is 0 Å². The van der Waals surface area contributed by atoms with E-state index in [2.05, 4.69) is 15.5 Å². The number of rotatable bonds is 6. The number of anilines is 1. The highest BCUT2D eigenvalue weighted by Crippen LogP contribution is 2.33. The van der Waals surface area contributed by atoms with E-state index in [1.807, 2.05) is 48.5 Å². The molecule has 1 N–H and O–H groups in total. The van der Waals surface area contributed by atoms with Crippen LogP contribution in [0, 0.1) is 0 Å². The Morgan fingerprint density at radius 1 is 1.00 bits per heavy atom. The molecule has 7 nitrogen and oxygen atoms in total. The van der Waals surface area contributed by atoms with Gasteiger partial charge < -0.3 is 13.9 Å². The molecule has 0 atom stereocenters. The summed E-state index contributed by atoms with van der Waals surface area (Å²) in [6, 6.07) is 15.6. The first-order chi connectivity index (χ1) is 12.8. The third-order valence-electron chi connectivity index (χ3n) is 3.99. The maximum atomic E-state index is 12.0. The Morgan fingerprint density at radius 3 is 2.73 bits per heavy atom. The van der Waals surface area contributed by atoms with Crippen molar-refractivity contribution in [3.05, 3.63) is 65.5 Å². The van der Waals surface area contributed by atoms with Gasteiger partial charge in [-0.2, -0.15) is 0 Å². The summed E-state index contributed by atoms with van der Waals surface area (Å²) in [7, 11) is 0. The van der Waals surface area contributed by atoms with Crippen molar-refractivity contribution in [1.82, 2.24) is 10.2 Å². The quantitative estimate of drug-likeness (QED) is 0.735.